The van der Waals surface area contributed by atoms with Gasteiger partial charge in [-0.1, -0.05) is 35.9 Å². The summed E-state index contributed by atoms with van der Waals surface area (Å²) in [5.74, 6) is -1.57. The number of benzene rings is 2. The molecule has 126 valence electrons. The highest BCUT2D eigenvalue weighted by molar-refractivity contribution is 6.30. The summed E-state index contributed by atoms with van der Waals surface area (Å²) in [6.07, 6.45) is 3.09. The molecule has 1 aromatic heterocycles. The second kappa shape index (κ2) is 7.32. The van der Waals surface area contributed by atoms with Crippen LogP contribution in [-0.2, 0) is 6.54 Å². The van der Waals surface area contributed by atoms with E-state index in [0.29, 0.717) is 10.6 Å². The predicted molar refractivity (Wildman–Crippen MR) is 93.9 cm³/mol. The summed E-state index contributed by atoms with van der Waals surface area (Å²) in [5, 5.41) is 12.6. The van der Waals surface area contributed by atoms with Crippen molar-refractivity contribution >= 4 is 17.5 Å². The Morgan fingerprint density at radius 1 is 1.12 bits per heavy atom. The number of hydrogen-bond acceptors (Lipinski definition) is 3. The highest BCUT2D eigenvalue weighted by Crippen LogP contribution is 2.22. The zero-order chi connectivity index (χ0) is 17.8. The van der Waals surface area contributed by atoms with Gasteiger partial charge in [0.1, 0.15) is 0 Å². The molecule has 0 aliphatic heterocycles. The van der Waals surface area contributed by atoms with Gasteiger partial charge < -0.3 is 10.4 Å². The SMILES string of the molecule is O=C(NCc1cccc(O)c1F)c1cncc(-c2ccc(Cl)cc2)c1. The fourth-order valence-electron chi connectivity index (χ4n) is 2.34. The van der Waals surface area contributed by atoms with E-state index in [4.69, 9.17) is 11.6 Å². The quantitative estimate of drug-likeness (QED) is 0.737. The van der Waals surface area contributed by atoms with E-state index in [1.165, 1.54) is 24.4 Å². The molecule has 1 amide bonds. The molecule has 25 heavy (non-hydrogen) atoms. The van der Waals surface area contributed by atoms with Gasteiger partial charge in [0.25, 0.3) is 5.91 Å². The number of aromatic hydroxyl groups is 1. The first-order valence-electron chi connectivity index (χ1n) is 7.50. The third-order valence-corrected chi connectivity index (χ3v) is 3.93. The number of pyridine rings is 1. The van der Waals surface area contributed by atoms with Crippen LogP contribution in [0.3, 0.4) is 0 Å². The number of carbonyl (C=O) groups excluding carboxylic acids is 1. The minimum absolute atomic E-state index is 0.0375. The largest absolute Gasteiger partial charge is 0.505 e. The van der Waals surface area contributed by atoms with Gasteiger partial charge in [-0.25, -0.2) is 4.39 Å². The maximum atomic E-state index is 13.7. The van der Waals surface area contributed by atoms with Gasteiger partial charge in [0, 0.05) is 35.1 Å². The summed E-state index contributed by atoms with van der Waals surface area (Å²) >= 11 is 5.88. The Morgan fingerprint density at radius 2 is 1.88 bits per heavy atom. The van der Waals surface area contributed by atoms with Crippen molar-refractivity contribution < 1.29 is 14.3 Å². The van der Waals surface area contributed by atoms with E-state index in [-0.39, 0.29) is 18.0 Å². The van der Waals surface area contributed by atoms with E-state index < -0.39 is 11.6 Å². The molecule has 2 N–H and O–H groups in total. The molecule has 3 aromatic rings. The molecule has 0 atom stereocenters. The maximum absolute atomic E-state index is 13.7. The third kappa shape index (κ3) is 3.95. The normalized spacial score (nSPS) is 10.5. The average Bonchev–Trinajstić information content (AvgIpc) is 2.63. The monoisotopic (exact) mass is 356 g/mol. The van der Waals surface area contributed by atoms with Gasteiger partial charge in [0.2, 0.25) is 0 Å². The Labute approximate surface area is 148 Å². The third-order valence-electron chi connectivity index (χ3n) is 3.68. The van der Waals surface area contributed by atoms with Crippen LogP contribution in [0.25, 0.3) is 11.1 Å². The van der Waals surface area contributed by atoms with Crippen LogP contribution in [0.2, 0.25) is 5.02 Å². The number of aromatic nitrogens is 1. The minimum Gasteiger partial charge on any atom is -0.505 e. The maximum Gasteiger partial charge on any atom is 0.253 e. The first kappa shape index (κ1) is 16.9. The van der Waals surface area contributed by atoms with Gasteiger partial charge in [-0.05, 0) is 29.8 Å². The fraction of sp³-hybridized carbons (Fsp3) is 0.0526. The molecule has 0 saturated heterocycles. The molecular formula is C19H14ClFN2O2. The van der Waals surface area contributed by atoms with Crippen LogP contribution in [0.4, 0.5) is 4.39 Å². The molecule has 2 aromatic carbocycles. The summed E-state index contributed by atoms with van der Waals surface area (Å²) in [4.78, 5) is 16.4. The number of nitrogens with one attached hydrogen (secondary N) is 1. The average molecular weight is 357 g/mol. The van der Waals surface area contributed by atoms with E-state index in [2.05, 4.69) is 10.3 Å². The molecule has 4 nitrogen and oxygen atoms in total. The summed E-state index contributed by atoms with van der Waals surface area (Å²) in [5.41, 5.74) is 2.21. The molecule has 0 saturated carbocycles. The van der Waals surface area contributed by atoms with Crippen molar-refractivity contribution in [3.05, 3.63) is 82.9 Å². The lowest BCUT2D eigenvalue weighted by Gasteiger charge is -2.08. The second-order valence-electron chi connectivity index (χ2n) is 5.40. The van der Waals surface area contributed by atoms with Crippen molar-refractivity contribution in [1.82, 2.24) is 10.3 Å². The molecule has 6 heteroatoms. The van der Waals surface area contributed by atoms with Crippen molar-refractivity contribution in [2.24, 2.45) is 0 Å². The number of halogens is 2. The molecule has 0 fully saturated rings. The van der Waals surface area contributed by atoms with Gasteiger partial charge in [0.15, 0.2) is 11.6 Å². The zero-order valence-corrected chi connectivity index (χ0v) is 13.8. The van der Waals surface area contributed by atoms with Crippen molar-refractivity contribution in [2.45, 2.75) is 6.54 Å². The van der Waals surface area contributed by atoms with E-state index in [1.54, 1.807) is 24.4 Å². The summed E-state index contributed by atoms with van der Waals surface area (Å²) in [6, 6.07) is 13.2. The highest BCUT2D eigenvalue weighted by atomic mass is 35.5. The topological polar surface area (TPSA) is 62.2 Å². The first-order valence-corrected chi connectivity index (χ1v) is 7.88. The van der Waals surface area contributed by atoms with Gasteiger partial charge in [-0.2, -0.15) is 0 Å². The molecule has 0 unspecified atom stereocenters. The van der Waals surface area contributed by atoms with Crippen LogP contribution < -0.4 is 5.32 Å². The number of phenolic OH excluding ortho intramolecular Hbond substituents is 1. The second-order valence-corrected chi connectivity index (χ2v) is 5.84. The van der Waals surface area contributed by atoms with Crippen LogP contribution in [0.5, 0.6) is 5.75 Å². The molecule has 0 aliphatic rings. The van der Waals surface area contributed by atoms with E-state index in [0.717, 1.165) is 11.1 Å². The standard InChI is InChI=1S/C19H14ClFN2O2/c20-16-6-4-12(5-7-16)14-8-15(10-22-9-14)19(25)23-11-13-2-1-3-17(24)18(13)21/h1-10,24H,11H2,(H,23,25). The molecule has 1 heterocycles. The predicted octanol–water partition coefficient (Wildman–Crippen LogP) is 4.18. The number of phenols is 1. The lowest BCUT2D eigenvalue weighted by Crippen LogP contribution is -2.23. The van der Waals surface area contributed by atoms with Crippen LogP contribution >= 0.6 is 11.6 Å². The van der Waals surface area contributed by atoms with Crippen molar-refractivity contribution in [3.8, 4) is 16.9 Å². The Balaban J connectivity index is 1.75. The summed E-state index contributed by atoms with van der Waals surface area (Å²) in [7, 11) is 0. The number of rotatable bonds is 4. The van der Waals surface area contributed by atoms with Gasteiger partial charge in [-0.3, -0.25) is 9.78 Å². The number of hydrogen-bond donors (Lipinski definition) is 2. The molecule has 0 radical (unpaired) electrons. The Morgan fingerprint density at radius 3 is 2.64 bits per heavy atom. The fourth-order valence-corrected chi connectivity index (χ4v) is 2.47. The number of carbonyl (C=O) groups is 1. The Kier molecular flexibility index (Phi) is 4.95. The Hall–Kier alpha value is -2.92. The smallest absolute Gasteiger partial charge is 0.253 e. The van der Waals surface area contributed by atoms with Crippen LogP contribution in [-0.4, -0.2) is 16.0 Å². The van der Waals surface area contributed by atoms with E-state index in [9.17, 15) is 14.3 Å². The first-order chi connectivity index (χ1) is 12.0. The van der Waals surface area contributed by atoms with Crippen LogP contribution in [0, 0.1) is 5.82 Å². The summed E-state index contributed by atoms with van der Waals surface area (Å²) in [6.45, 7) is -0.0375. The number of nitrogens with zero attached hydrogens (tertiary/aromatic N) is 1. The van der Waals surface area contributed by atoms with Gasteiger partial charge >= 0.3 is 0 Å². The van der Waals surface area contributed by atoms with Crippen LogP contribution in [0.1, 0.15) is 15.9 Å². The summed E-state index contributed by atoms with van der Waals surface area (Å²) < 4.78 is 13.7. The number of amides is 1. The highest BCUT2D eigenvalue weighted by Gasteiger charge is 2.11. The van der Waals surface area contributed by atoms with E-state index >= 15 is 0 Å². The molecule has 0 spiro atoms. The van der Waals surface area contributed by atoms with Crippen molar-refractivity contribution in [1.29, 1.82) is 0 Å². The lowest BCUT2D eigenvalue weighted by atomic mass is 10.1. The zero-order valence-electron chi connectivity index (χ0n) is 13.0. The molecule has 0 bridgehead atoms. The van der Waals surface area contributed by atoms with Gasteiger partial charge in [-0.15, -0.1) is 0 Å². The van der Waals surface area contributed by atoms with Crippen LogP contribution in [0.15, 0.2) is 60.9 Å². The van der Waals surface area contributed by atoms with Gasteiger partial charge in [0.05, 0.1) is 5.56 Å². The van der Waals surface area contributed by atoms with Crippen molar-refractivity contribution in [3.63, 3.8) is 0 Å². The van der Waals surface area contributed by atoms with E-state index in [1.807, 2.05) is 12.1 Å². The minimum atomic E-state index is -0.740. The Bertz CT molecular complexity index is 914. The molecule has 3 rings (SSSR count). The van der Waals surface area contributed by atoms with Crippen molar-refractivity contribution in [2.75, 3.05) is 0 Å². The lowest BCUT2D eigenvalue weighted by molar-refractivity contribution is 0.0950. The molecular weight excluding hydrogens is 343 g/mol. The molecule has 0 aliphatic carbocycles.